The standard InChI is InChI=1S/C18H26N4O2/c1-2-7-18(8-9-18)13-20-16(23)21-14-5-3-6-15(12-14)22-11-4-10-19-17(22)24/h3,5-6,12H,2,4,7-11,13H2,1H3,(H,19,24)(H2,20,21,23). The number of urea groups is 2. The molecule has 0 unspecified atom stereocenters. The number of anilines is 2. The number of carbonyl (C=O) groups excluding carboxylic acids is 2. The fourth-order valence-corrected chi connectivity index (χ4v) is 3.29. The monoisotopic (exact) mass is 330 g/mol. The lowest BCUT2D eigenvalue weighted by atomic mass is 10.0. The summed E-state index contributed by atoms with van der Waals surface area (Å²) in [6.07, 6.45) is 5.67. The van der Waals surface area contributed by atoms with E-state index >= 15 is 0 Å². The normalized spacial score (nSPS) is 18.7. The maximum atomic E-state index is 12.1. The van der Waals surface area contributed by atoms with Crippen LogP contribution in [0.3, 0.4) is 0 Å². The third kappa shape index (κ3) is 3.99. The second kappa shape index (κ2) is 7.11. The molecule has 2 fully saturated rings. The summed E-state index contributed by atoms with van der Waals surface area (Å²) in [5.74, 6) is 0. The average molecular weight is 330 g/mol. The lowest BCUT2D eigenvalue weighted by Crippen LogP contribution is -2.46. The van der Waals surface area contributed by atoms with E-state index in [1.165, 1.54) is 19.3 Å². The molecule has 1 heterocycles. The van der Waals surface area contributed by atoms with Crippen molar-refractivity contribution in [2.24, 2.45) is 5.41 Å². The highest BCUT2D eigenvalue weighted by Crippen LogP contribution is 2.48. The first-order valence-corrected chi connectivity index (χ1v) is 8.82. The highest BCUT2D eigenvalue weighted by Gasteiger charge is 2.41. The Morgan fingerprint density at radius 3 is 2.92 bits per heavy atom. The van der Waals surface area contributed by atoms with E-state index in [1.807, 2.05) is 24.3 Å². The van der Waals surface area contributed by atoms with Gasteiger partial charge in [-0.25, -0.2) is 9.59 Å². The molecule has 1 aromatic rings. The fourth-order valence-electron chi connectivity index (χ4n) is 3.29. The van der Waals surface area contributed by atoms with E-state index in [0.717, 1.165) is 31.6 Å². The van der Waals surface area contributed by atoms with Gasteiger partial charge in [0.15, 0.2) is 0 Å². The molecule has 1 aromatic carbocycles. The van der Waals surface area contributed by atoms with Crippen LogP contribution < -0.4 is 20.9 Å². The van der Waals surface area contributed by atoms with Crippen molar-refractivity contribution in [2.45, 2.75) is 39.0 Å². The molecule has 2 aliphatic rings. The van der Waals surface area contributed by atoms with Gasteiger partial charge in [-0.1, -0.05) is 19.4 Å². The fraction of sp³-hybridized carbons (Fsp3) is 0.556. The third-order valence-corrected chi connectivity index (χ3v) is 4.86. The molecule has 1 aliphatic carbocycles. The molecule has 1 saturated carbocycles. The smallest absolute Gasteiger partial charge is 0.321 e. The molecule has 6 heteroatoms. The zero-order valence-corrected chi connectivity index (χ0v) is 14.2. The van der Waals surface area contributed by atoms with Gasteiger partial charge in [-0.05, 0) is 49.3 Å². The molecule has 0 spiro atoms. The minimum absolute atomic E-state index is 0.0851. The van der Waals surface area contributed by atoms with Gasteiger partial charge >= 0.3 is 12.1 Å². The highest BCUT2D eigenvalue weighted by molar-refractivity contribution is 5.94. The number of carbonyl (C=O) groups is 2. The summed E-state index contributed by atoms with van der Waals surface area (Å²) in [7, 11) is 0. The summed E-state index contributed by atoms with van der Waals surface area (Å²) in [5.41, 5.74) is 1.83. The Balaban J connectivity index is 1.56. The predicted octanol–water partition coefficient (Wildman–Crippen LogP) is 3.31. The lowest BCUT2D eigenvalue weighted by Gasteiger charge is -2.27. The Morgan fingerprint density at radius 2 is 2.21 bits per heavy atom. The Morgan fingerprint density at radius 1 is 1.38 bits per heavy atom. The van der Waals surface area contributed by atoms with E-state index in [2.05, 4.69) is 22.9 Å². The first-order valence-electron chi connectivity index (χ1n) is 8.82. The quantitative estimate of drug-likeness (QED) is 0.748. The number of hydrogen-bond acceptors (Lipinski definition) is 2. The van der Waals surface area contributed by atoms with Gasteiger partial charge in [-0.15, -0.1) is 0 Å². The zero-order valence-electron chi connectivity index (χ0n) is 14.2. The van der Waals surface area contributed by atoms with Crippen molar-refractivity contribution < 1.29 is 9.59 Å². The first kappa shape index (κ1) is 16.6. The second-order valence-electron chi connectivity index (χ2n) is 6.85. The molecule has 1 saturated heterocycles. The molecule has 130 valence electrons. The molecular formula is C18H26N4O2. The van der Waals surface area contributed by atoms with Gasteiger partial charge < -0.3 is 16.0 Å². The third-order valence-electron chi connectivity index (χ3n) is 4.86. The van der Waals surface area contributed by atoms with Crippen LogP contribution in [-0.2, 0) is 0 Å². The summed E-state index contributed by atoms with van der Waals surface area (Å²) in [6, 6.07) is 7.14. The van der Waals surface area contributed by atoms with Crippen LogP contribution in [-0.4, -0.2) is 31.7 Å². The van der Waals surface area contributed by atoms with E-state index in [1.54, 1.807) is 4.90 Å². The number of amides is 4. The molecule has 4 amide bonds. The Kier molecular flexibility index (Phi) is 4.92. The number of nitrogens with zero attached hydrogens (tertiary/aromatic N) is 1. The van der Waals surface area contributed by atoms with Crippen molar-refractivity contribution in [1.29, 1.82) is 0 Å². The molecule has 3 N–H and O–H groups in total. The number of hydrogen-bond donors (Lipinski definition) is 3. The summed E-state index contributed by atoms with van der Waals surface area (Å²) in [4.78, 5) is 25.8. The molecule has 1 aliphatic heterocycles. The Labute approximate surface area is 143 Å². The van der Waals surface area contributed by atoms with Crippen molar-refractivity contribution in [1.82, 2.24) is 10.6 Å². The van der Waals surface area contributed by atoms with Crippen LogP contribution in [0.25, 0.3) is 0 Å². The lowest BCUT2D eigenvalue weighted by molar-refractivity contribution is 0.243. The van der Waals surface area contributed by atoms with Crippen molar-refractivity contribution >= 4 is 23.4 Å². The maximum Gasteiger partial charge on any atom is 0.321 e. The van der Waals surface area contributed by atoms with Crippen molar-refractivity contribution in [2.75, 3.05) is 29.9 Å². The zero-order chi connectivity index (χ0) is 17.0. The molecule has 0 atom stereocenters. The van der Waals surface area contributed by atoms with E-state index in [-0.39, 0.29) is 12.1 Å². The van der Waals surface area contributed by atoms with Gasteiger partial charge in [0, 0.05) is 31.0 Å². The molecular weight excluding hydrogens is 304 g/mol. The summed E-state index contributed by atoms with van der Waals surface area (Å²) in [5, 5.41) is 8.69. The van der Waals surface area contributed by atoms with Crippen molar-refractivity contribution in [3.05, 3.63) is 24.3 Å². The number of benzene rings is 1. The summed E-state index contributed by atoms with van der Waals surface area (Å²) in [6.45, 7) is 4.33. The van der Waals surface area contributed by atoms with Gasteiger partial charge in [0.25, 0.3) is 0 Å². The van der Waals surface area contributed by atoms with E-state index in [4.69, 9.17) is 0 Å². The van der Waals surface area contributed by atoms with Crippen LogP contribution in [0.1, 0.15) is 39.0 Å². The first-order chi connectivity index (χ1) is 11.6. The Bertz CT molecular complexity index is 613. The van der Waals surface area contributed by atoms with Crippen LogP contribution in [0, 0.1) is 5.41 Å². The van der Waals surface area contributed by atoms with Crippen LogP contribution in [0.15, 0.2) is 24.3 Å². The maximum absolute atomic E-state index is 12.1. The molecule has 6 nitrogen and oxygen atoms in total. The topological polar surface area (TPSA) is 73.5 Å². The Hall–Kier alpha value is -2.24. The summed E-state index contributed by atoms with van der Waals surface area (Å²) >= 11 is 0. The van der Waals surface area contributed by atoms with Crippen LogP contribution in [0.5, 0.6) is 0 Å². The highest BCUT2D eigenvalue weighted by atomic mass is 16.2. The minimum atomic E-state index is -0.183. The van der Waals surface area contributed by atoms with E-state index in [0.29, 0.717) is 17.6 Å². The van der Waals surface area contributed by atoms with Crippen LogP contribution in [0.2, 0.25) is 0 Å². The van der Waals surface area contributed by atoms with E-state index < -0.39 is 0 Å². The average Bonchev–Trinajstić information content (AvgIpc) is 3.34. The second-order valence-corrected chi connectivity index (χ2v) is 6.85. The van der Waals surface area contributed by atoms with Crippen molar-refractivity contribution in [3.8, 4) is 0 Å². The molecule has 3 rings (SSSR count). The molecule has 0 aromatic heterocycles. The van der Waals surface area contributed by atoms with Gasteiger partial charge in [-0.2, -0.15) is 0 Å². The van der Waals surface area contributed by atoms with Crippen molar-refractivity contribution in [3.63, 3.8) is 0 Å². The van der Waals surface area contributed by atoms with Crippen LogP contribution in [0.4, 0.5) is 21.0 Å². The number of rotatable bonds is 6. The SMILES string of the molecule is CCCC1(CNC(=O)Nc2cccc(N3CCCNC3=O)c2)CC1. The van der Waals surface area contributed by atoms with Gasteiger partial charge in [0.2, 0.25) is 0 Å². The molecule has 0 radical (unpaired) electrons. The predicted molar refractivity (Wildman–Crippen MR) is 95.4 cm³/mol. The molecule has 24 heavy (non-hydrogen) atoms. The van der Waals surface area contributed by atoms with Gasteiger partial charge in [-0.3, -0.25) is 4.90 Å². The summed E-state index contributed by atoms with van der Waals surface area (Å²) < 4.78 is 0. The van der Waals surface area contributed by atoms with Gasteiger partial charge in [0.1, 0.15) is 0 Å². The number of nitrogens with one attached hydrogen (secondary N) is 3. The largest absolute Gasteiger partial charge is 0.338 e. The van der Waals surface area contributed by atoms with E-state index in [9.17, 15) is 9.59 Å². The molecule has 0 bridgehead atoms. The van der Waals surface area contributed by atoms with Crippen LogP contribution >= 0.6 is 0 Å². The van der Waals surface area contributed by atoms with Gasteiger partial charge in [0.05, 0.1) is 0 Å². The minimum Gasteiger partial charge on any atom is -0.338 e.